The highest BCUT2D eigenvalue weighted by Gasteiger charge is 2.33. The van der Waals surface area contributed by atoms with E-state index in [1.165, 1.54) is 19.4 Å². The fourth-order valence-corrected chi connectivity index (χ4v) is 3.64. The van der Waals surface area contributed by atoms with Crippen molar-refractivity contribution in [1.82, 2.24) is 9.80 Å². The van der Waals surface area contributed by atoms with Crippen LogP contribution in [0.4, 0.5) is 0 Å². The van der Waals surface area contributed by atoms with Crippen molar-refractivity contribution < 1.29 is 4.79 Å². The second-order valence-corrected chi connectivity index (χ2v) is 6.62. The molecule has 1 unspecified atom stereocenters. The Labute approximate surface area is 127 Å². The molecule has 102 valence electrons. The zero-order chi connectivity index (χ0) is 13.4. The van der Waals surface area contributed by atoms with Crippen LogP contribution in [0.25, 0.3) is 0 Å². The summed E-state index contributed by atoms with van der Waals surface area (Å²) in [5.74, 6) is 0.120. The highest BCUT2D eigenvalue weighted by molar-refractivity contribution is 9.10. The number of carbonyl (C=O) groups excluding carboxylic acids is 1. The Morgan fingerprint density at radius 2 is 2.16 bits per heavy atom. The highest BCUT2D eigenvalue weighted by Crippen LogP contribution is 2.25. The fraction of sp³-hybridized carbons (Fsp3) is 0.500. The summed E-state index contributed by atoms with van der Waals surface area (Å²) in [5, 5.41) is 0. The van der Waals surface area contributed by atoms with Crippen molar-refractivity contribution in [2.45, 2.75) is 23.8 Å². The van der Waals surface area contributed by atoms with E-state index in [1.807, 2.05) is 23.1 Å². The molecule has 2 saturated heterocycles. The summed E-state index contributed by atoms with van der Waals surface area (Å²) in [6, 6.07) is 6.19. The number of rotatable bonds is 1. The summed E-state index contributed by atoms with van der Waals surface area (Å²) < 4.78 is 0.851. The summed E-state index contributed by atoms with van der Waals surface area (Å²) in [5.41, 5.74) is 0.721. The van der Waals surface area contributed by atoms with E-state index in [0.29, 0.717) is 6.04 Å². The molecule has 2 aliphatic rings. The Morgan fingerprint density at radius 1 is 1.32 bits per heavy atom. The number of benzene rings is 1. The first-order chi connectivity index (χ1) is 9.15. The first-order valence-corrected chi connectivity index (χ1v) is 7.91. The fourth-order valence-electron chi connectivity index (χ4n) is 3.02. The van der Waals surface area contributed by atoms with Gasteiger partial charge in [0, 0.05) is 35.0 Å². The van der Waals surface area contributed by atoms with Crippen LogP contribution in [0.2, 0.25) is 0 Å². The lowest BCUT2D eigenvalue weighted by Crippen LogP contribution is -2.52. The lowest BCUT2D eigenvalue weighted by molar-refractivity contribution is 0.0570. The molecule has 3 nitrogen and oxygen atoms in total. The minimum absolute atomic E-state index is 0.120. The maximum atomic E-state index is 12.6. The number of piperazine rings is 1. The number of fused-ring (bicyclic) bond motifs is 1. The molecule has 2 heterocycles. The van der Waals surface area contributed by atoms with E-state index < -0.39 is 0 Å². The van der Waals surface area contributed by atoms with Crippen molar-refractivity contribution in [1.29, 1.82) is 0 Å². The van der Waals surface area contributed by atoms with Gasteiger partial charge in [-0.1, -0.05) is 0 Å². The summed E-state index contributed by atoms with van der Waals surface area (Å²) in [6.07, 6.45) is 2.49. The molecule has 0 N–H and O–H groups in total. The van der Waals surface area contributed by atoms with E-state index in [4.69, 9.17) is 0 Å². The Balaban J connectivity index is 1.78. The monoisotopic (exact) mass is 340 g/mol. The summed E-state index contributed by atoms with van der Waals surface area (Å²) in [7, 11) is 0. The van der Waals surface area contributed by atoms with Gasteiger partial charge in [-0.2, -0.15) is 0 Å². The van der Waals surface area contributed by atoms with Crippen molar-refractivity contribution in [3.05, 3.63) is 28.2 Å². The van der Waals surface area contributed by atoms with E-state index in [9.17, 15) is 4.79 Å². The molecule has 0 bridgehead atoms. The molecular formula is C14H17BrN2OS. The molecule has 3 rings (SSSR count). The van der Waals surface area contributed by atoms with E-state index in [2.05, 4.69) is 33.5 Å². The largest absolute Gasteiger partial charge is 0.336 e. The van der Waals surface area contributed by atoms with Crippen molar-refractivity contribution in [3.63, 3.8) is 0 Å². The van der Waals surface area contributed by atoms with Gasteiger partial charge < -0.3 is 4.90 Å². The molecule has 0 aliphatic carbocycles. The van der Waals surface area contributed by atoms with Gasteiger partial charge >= 0.3 is 0 Å². The Kier molecular flexibility index (Phi) is 3.87. The molecular weight excluding hydrogens is 324 g/mol. The molecule has 1 aromatic rings. The van der Waals surface area contributed by atoms with Gasteiger partial charge in [0.15, 0.2) is 0 Å². The van der Waals surface area contributed by atoms with Gasteiger partial charge in [0.05, 0.1) is 5.56 Å². The topological polar surface area (TPSA) is 23.6 Å². The average molecular weight is 341 g/mol. The van der Waals surface area contributed by atoms with Crippen molar-refractivity contribution in [3.8, 4) is 0 Å². The van der Waals surface area contributed by atoms with Crippen LogP contribution in [0.3, 0.4) is 0 Å². The first kappa shape index (κ1) is 13.5. The molecule has 2 fully saturated rings. The van der Waals surface area contributed by atoms with Gasteiger partial charge in [-0.15, -0.1) is 12.6 Å². The quantitative estimate of drug-likeness (QED) is 0.794. The van der Waals surface area contributed by atoms with Gasteiger partial charge in [0.2, 0.25) is 0 Å². The van der Waals surface area contributed by atoms with Gasteiger partial charge in [-0.25, -0.2) is 0 Å². The van der Waals surface area contributed by atoms with Crippen molar-refractivity contribution in [2.24, 2.45) is 0 Å². The Bertz CT molecular complexity index is 508. The van der Waals surface area contributed by atoms with Gasteiger partial charge in [0.25, 0.3) is 5.91 Å². The Morgan fingerprint density at radius 3 is 3.00 bits per heavy atom. The summed E-state index contributed by atoms with van der Waals surface area (Å²) in [6.45, 7) is 3.90. The maximum Gasteiger partial charge on any atom is 0.255 e. The smallest absolute Gasteiger partial charge is 0.255 e. The van der Waals surface area contributed by atoms with Crippen molar-refractivity contribution >= 4 is 34.5 Å². The molecule has 0 radical (unpaired) electrons. The molecule has 1 atom stereocenters. The highest BCUT2D eigenvalue weighted by atomic mass is 79.9. The molecule has 1 aromatic carbocycles. The molecule has 0 aromatic heterocycles. The second kappa shape index (κ2) is 5.46. The SMILES string of the molecule is O=C(c1cc(S)ccc1Br)N1CCN2CCCC2C1. The zero-order valence-corrected chi connectivity index (χ0v) is 13.2. The van der Waals surface area contributed by atoms with Gasteiger partial charge in [0.1, 0.15) is 0 Å². The number of halogens is 1. The number of hydrogen-bond acceptors (Lipinski definition) is 3. The number of thiol groups is 1. The third-order valence-electron chi connectivity index (χ3n) is 4.05. The normalized spacial score (nSPS) is 23.5. The van der Waals surface area contributed by atoms with Crippen LogP contribution in [0.5, 0.6) is 0 Å². The lowest BCUT2D eigenvalue weighted by atomic mass is 10.1. The zero-order valence-electron chi connectivity index (χ0n) is 10.7. The standard InChI is InChI=1S/C14H17BrN2OS/c15-13-4-3-11(19)8-12(13)14(18)17-7-6-16-5-1-2-10(16)9-17/h3-4,8,10,19H,1-2,5-7,9H2. The summed E-state index contributed by atoms with van der Waals surface area (Å²) >= 11 is 7.78. The van der Waals surface area contributed by atoms with Crippen LogP contribution in [-0.2, 0) is 0 Å². The molecule has 0 spiro atoms. The minimum Gasteiger partial charge on any atom is -0.336 e. The van der Waals surface area contributed by atoms with E-state index >= 15 is 0 Å². The van der Waals surface area contributed by atoms with Crippen LogP contribution in [0.1, 0.15) is 23.2 Å². The van der Waals surface area contributed by atoms with Crippen molar-refractivity contribution in [2.75, 3.05) is 26.2 Å². The van der Waals surface area contributed by atoms with Crippen LogP contribution < -0.4 is 0 Å². The first-order valence-electron chi connectivity index (χ1n) is 6.67. The molecule has 5 heteroatoms. The van der Waals surface area contributed by atoms with E-state index in [-0.39, 0.29) is 5.91 Å². The number of amides is 1. The summed E-state index contributed by atoms with van der Waals surface area (Å²) in [4.78, 5) is 17.9. The predicted octanol–water partition coefficient (Wildman–Crippen LogP) is 2.66. The molecule has 1 amide bonds. The number of carbonyl (C=O) groups is 1. The Hall–Kier alpha value is -0.520. The van der Waals surface area contributed by atoms with E-state index in [1.54, 1.807) is 0 Å². The second-order valence-electron chi connectivity index (χ2n) is 5.25. The number of nitrogens with zero attached hydrogens (tertiary/aromatic N) is 2. The molecule has 0 saturated carbocycles. The molecule has 2 aliphatic heterocycles. The third kappa shape index (κ3) is 2.69. The van der Waals surface area contributed by atoms with Gasteiger partial charge in [-0.3, -0.25) is 9.69 Å². The van der Waals surface area contributed by atoms with E-state index in [0.717, 1.165) is 34.6 Å². The maximum absolute atomic E-state index is 12.6. The third-order valence-corrected chi connectivity index (χ3v) is 5.02. The van der Waals surface area contributed by atoms with Crippen LogP contribution in [0.15, 0.2) is 27.6 Å². The predicted molar refractivity (Wildman–Crippen MR) is 81.9 cm³/mol. The minimum atomic E-state index is 0.120. The molecule has 19 heavy (non-hydrogen) atoms. The van der Waals surface area contributed by atoms with Crippen LogP contribution in [-0.4, -0.2) is 47.9 Å². The average Bonchev–Trinajstić information content (AvgIpc) is 2.88. The van der Waals surface area contributed by atoms with Crippen LogP contribution >= 0.6 is 28.6 Å². The van der Waals surface area contributed by atoms with Crippen LogP contribution in [0, 0.1) is 0 Å². The lowest BCUT2D eigenvalue weighted by Gasteiger charge is -2.37. The number of hydrogen-bond donors (Lipinski definition) is 1. The van der Waals surface area contributed by atoms with Gasteiger partial charge in [-0.05, 0) is 53.5 Å².